The van der Waals surface area contributed by atoms with Gasteiger partial charge in [-0.15, -0.1) is 11.3 Å². The molecule has 3 aromatic rings. The van der Waals surface area contributed by atoms with Crippen LogP contribution in [0.1, 0.15) is 16.1 Å². The molecule has 2 N–H and O–H groups in total. The lowest BCUT2D eigenvalue weighted by molar-refractivity contribution is 0.897. The van der Waals surface area contributed by atoms with Crippen molar-refractivity contribution >= 4 is 23.5 Å². The third kappa shape index (κ3) is 2.87. The van der Waals surface area contributed by atoms with Gasteiger partial charge in [-0.05, 0) is 26.0 Å². The first kappa shape index (κ1) is 13.6. The maximum absolute atomic E-state index is 5.80. The van der Waals surface area contributed by atoms with Gasteiger partial charge in [-0.25, -0.2) is 9.66 Å². The summed E-state index contributed by atoms with van der Waals surface area (Å²) in [7, 11) is 0. The van der Waals surface area contributed by atoms with Crippen molar-refractivity contribution < 1.29 is 0 Å². The molecule has 0 saturated heterocycles. The van der Waals surface area contributed by atoms with Crippen molar-refractivity contribution in [2.45, 2.75) is 13.8 Å². The van der Waals surface area contributed by atoms with Crippen LogP contribution in [0.2, 0.25) is 0 Å². The third-order valence-corrected chi connectivity index (χ3v) is 4.16. The molecule has 0 radical (unpaired) electrons. The minimum Gasteiger partial charge on any atom is -0.368 e. The van der Waals surface area contributed by atoms with E-state index in [1.807, 2.05) is 37.5 Å². The minimum atomic E-state index is 0.396. The summed E-state index contributed by atoms with van der Waals surface area (Å²) in [6.45, 7) is 4.00. The van der Waals surface area contributed by atoms with E-state index < -0.39 is 0 Å². The molecule has 0 atom stereocenters. The molecule has 0 amide bonds. The molecule has 2 aromatic heterocycles. The third-order valence-electron chi connectivity index (χ3n) is 3.12. The maximum atomic E-state index is 5.80. The van der Waals surface area contributed by atoms with Crippen LogP contribution in [-0.4, -0.2) is 15.9 Å². The summed E-state index contributed by atoms with van der Waals surface area (Å²) in [5.41, 5.74) is 8.89. The van der Waals surface area contributed by atoms with E-state index in [1.165, 1.54) is 15.3 Å². The van der Waals surface area contributed by atoms with E-state index in [1.54, 1.807) is 16.0 Å². The van der Waals surface area contributed by atoms with Gasteiger partial charge in [0.2, 0.25) is 5.95 Å². The fraction of sp³-hybridized carbons (Fsp3) is 0.125. The van der Waals surface area contributed by atoms with Crippen LogP contribution in [0.5, 0.6) is 0 Å². The van der Waals surface area contributed by atoms with Crippen LogP contribution in [0, 0.1) is 13.8 Å². The molecule has 0 spiro atoms. The van der Waals surface area contributed by atoms with Gasteiger partial charge in [0.1, 0.15) is 0 Å². The Morgan fingerprint density at radius 3 is 2.67 bits per heavy atom. The molecule has 0 aliphatic rings. The van der Waals surface area contributed by atoms with Crippen molar-refractivity contribution in [2.75, 3.05) is 5.73 Å². The number of imidazole rings is 1. The molecular formula is C16H16N4S. The molecule has 0 aliphatic heterocycles. The highest BCUT2D eigenvalue weighted by Gasteiger charge is 2.05. The predicted molar refractivity (Wildman–Crippen MR) is 88.9 cm³/mol. The van der Waals surface area contributed by atoms with Gasteiger partial charge in [0, 0.05) is 20.9 Å². The molecule has 0 saturated carbocycles. The Kier molecular flexibility index (Phi) is 3.58. The molecule has 2 heterocycles. The first-order valence-corrected chi connectivity index (χ1v) is 7.47. The summed E-state index contributed by atoms with van der Waals surface area (Å²) in [5, 5.41) is 4.40. The van der Waals surface area contributed by atoms with E-state index in [9.17, 15) is 0 Å². The van der Waals surface area contributed by atoms with E-state index in [0.29, 0.717) is 5.95 Å². The standard InChI is InChI=1S/C16H16N4S/c1-11-10-20(16(17)19-11)18-9-13-5-3-4-6-14(13)15-8-7-12(2)21-15/h3-10H,1-2H3,(H2,17,19). The monoisotopic (exact) mass is 296 g/mol. The Morgan fingerprint density at radius 2 is 2.00 bits per heavy atom. The number of benzene rings is 1. The van der Waals surface area contributed by atoms with E-state index >= 15 is 0 Å². The molecule has 106 valence electrons. The van der Waals surface area contributed by atoms with Crippen molar-refractivity contribution in [2.24, 2.45) is 5.10 Å². The molecule has 0 unspecified atom stereocenters. The zero-order valence-corrected chi connectivity index (χ0v) is 12.8. The Morgan fingerprint density at radius 1 is 1.19 bits per heavy atom. The van der Waals surface area contributed by atoms with Crippen LogP contribution < -0.4 is 5.73 Å². The fourth-order valence-corrected chi connectivity index (χ4v) is 3.05. The van der Waals surface area contributed by atoms with Crippen LogP contribution >= 0.6 is 11.3 Å². The van der Waals surface area contributed by atoms with Gasteiger partial charge >= 0.3 is 0 Å². The first-order valence-electron chi connectivity index (χ1n) is 6.65. The minimum absolute atomic E-state index is 0.396. The smallest absolute Gasteiger partial charge is 0.221 e. The number of aryl methyl sites for hydroxylation is 2. The highest BCUT2D eigenvalue weighted by molar-refractivity contribution is 7.15. The molecule has 21 heavy (non-hydrogen) atoms. The second kappa shape index (κ2) is 5.54. The average Bonchev–Trinajstić information content (AvgIpc) is 3.02. The SMILES string of the molecule is Cc1cn(N=Cc2ccccc2-c2ccc(C)s2)c(N)n1. The summed E-state index contributed by atoms with van der Waals surface area (Å²) in [6.07, 6.45) is 3.63. The Labute approximate surface area is 127 Å². The lowest BCUT2D eigenvalue weighted by atomic mass is 10.1. The van der Waals surface area contributed by atoms with Crippen molar-refractivity contribution in [1.82, 2.24) is 9.66 Å². The lowest BCUT2D eigenvalue weighted by Crippen LogP contribution is -1.97. The number of hydrogen-bond donors (Lipinski definition) is 1. The van der Waals surface area contributed by atoms with E-state index in [2.05, 4.69) is 35.2 Å². The zero-order chi connectivity index (χ0) is 14.8. The van der Waals surface area contributed by atoms with Crippen molar-refractivity contribution in [1.29, 1.82) is 0 Å². The largest absolute Gasteiger partial charge is 0.368 e. The number of anilines is 1. The average molecular weight is 296 g/mol. The number of aromatic nitrogens is 2. The maximum Gasteiger partial charge on any atom is 0.221 e. The summed E-state index contributed by atoms with van der Waals surface area (Å²) < 4.78 is 1.59. The number of nitrogens with zero attached hydrogens (tertiary/aromatic N) is 3. The van der Waals surface area contributed by atoms with Crippen LogP contribution in [0.15, 0.2) is 47.7 Å². The molecule has 1 aromatic carbocycles. The fourth-order valence-electron chi connectivity index (χ4n) is 2.13. The van der Waals surface area contributed by atoms with Crippen LogP contribution in [0.3, 0.4) is 0 Å². The molecule has 5 heteroatoms. The van der Waals surface area contributed by atoms with Crippen molar-refractivity contribution in [3.05, 3.63) is 58.7 Å². The second-order valence-electron chi connectivity index (χ2n) is 4.83. The van der Waals surface area contributed by atoms with E-state index in [-0.39, 0.29) is 0 Å². The van der Waals surface area contributed by atoms with Gasteiger partial charge in [0.15, 0.2) is 0 Å². The normalized spacial score (nSPS) is 11.3. The van der Waals surface area contributed by atoms with Gasteiger partial charge in [-0.2, -0.15) is 5.10 Å². The van der Waals surface area contributed by atoms with Gasteiger partial charge in [-0.1, -0.05) is 24.3 Å². The van der Waals surface area contributed by atoms with Crippen molar-refractivity contribution in [3.8, 4) is 10.4 Å². The number of hydrogen-bond acceptors (Lipinski definition) is 4. The highest BCUT2D eigenvalue weighted by Crippen LogP contribution is 2.29. The summed E-state index contributed by atoms with van der Waals surface area (Å²) in [4.78, 5) is 6.67. The number of thiophene rings is 1. The highest BCUT2D eigenvalue weighted by atomic mass is 32.1. The van der Waals surface area contributed by atoms with Crippen LogP contribution in [0.4, 0.5) is 5.95 Å². The predicted octanol–water partition coefficient (Wildman–Crippen LogP) is 3.69. The van der Waals surface area contributed by atoms with Crippen LogP contribution in [-0.2, 0) is 0 Å². The lowest BCUT2D eigenvalue weighted by Gasteiger charge is -2.03. The van der Waals surface area contributed by atoms with E-state index in [0.717, 1.165) is 11.3 Å². The van der Waals surface area contributed by atoms with E-state index in [4.69, 9.17) is 5.73 Å². The Balaban J connectivity index is 1.98. The summed E-state index contributed by atoms with van der Waals surface area (Å²) in [5.74, 6) is 0.396. The number of nitrogens with two attached hydrogens (primary N) is 1. The quantitative estimate of drug-likeness (QED) is 0.749. The summed E-state index contributed by atoms with van der Waals surface area (Å²) in [6, 6.07) is 12.5. The number of rotatable bonds is 3. The first-order chi connectivity index (χ1) is 10.1. The van der Waals surface area contributed by atoms with Crippen molar-refractivity contribution in [3.63, 3.8) is 0 Å². The molecule has 0 bridgehead atoms. The van der Waals surface area contributed by atoms with Gasteiger partial charge < -0.3 is 5.73 Å². The Bertz CT molecular complexity index is 798. The Hall–Kier alpha value is -2.40. The zero-order valence-electron chi connectivity index (χ0n) is 11.9. The molecule has 4 nitrogen and oxygen atoms in total. The van der Waals surface area contributed by atoms with Crippen LogP contribution in [0.25, 0.3) is 10.4 Å². The number of nitrogen functional groups attached to an aromatic ring is 1. The topological polar surface area (TPSA) is 56.2 Å². The molecule has 0 aliphatic carbocycles. The van der Waals surface area contributed by atoms with Gasteiger partial charge in [0.05, 0.1) is 18.1 Å². The van der Waals surface area contributed by atoms with Gasteiger partial charge in [0.25, 0.3) is 0 Å². The summed E-state index contributed by atoms with van der Waals surface area (Å²) >= 11 is 1.78. The molecule has 0 fully saturated rings. The molecule has 3 rings (SSSR count). The molecular weight excluding hydrogens is 280 g/mol. The second-order valence-corrected chi connectivity index (χ2v) is 6.12. The van der Waals surface area contributed by atoms with Gasteiger partial charge in [-0.3, -0.25) is 0 Å².